The van der Waals surface area contributed by atoms with E-state index in [-0.39, 0.29) is 10.8 Å². The van der Waals surface area contributed by atoms with Crippen LogP contribution in [0.4, 0.5) is 0 Å². The molecule has 1 aliphatic heterocycles. The molecule has 0 amide bonds. The molecule has 132 valence electrons. The topological polar surface area (TPSA) is 53.4 Å². The minimum atomic E-state index is -0.332. The number of hydrogen-bond donors (Lipinski definition) is 0. The molecule has 0 saturated carbocycles. The quantitative estimate of drug-likeness (QED) is 0.659. The zero-order valence-electron chi connectivity index (χ0n) is 14.2. The van der Waals surface area contributed by atoms with Crippen molar-refractivity contribution in [3.8, 4) is 22.8 Å². The lowest BCUT2D eigenvalue weighted by Crippen LogP contribution is -2.28. The first-order valence-electron chi connectivity index (χ1n) is 8.31. The Morgan fingerprint density at radius 2 is 1.96 bits per heavy atom. The van der Waals surface area contributed by atoms with E-state index in [9.17, 15) is 4.79 Å². The fraction of sp³-hybridized carbons (Fsp3) is 0.200. The molecule has 0 fully saturated rings. The summed E-state index contributed by atoms with van der Waals surface area (Å²) in [5, 5.41) is 0.192. The van der Waals surface area contributed by atoms with Crippen molar-refractivity contribution in [2.45, 2.75) is 19.6 Å². The molecule has 26 heavy (non-hydrogen) atoms. The molecule has 0 saturated heterocycles. The van der Waals surface area contributed by atoms with Crippen molar-refractivity contribution in [2.75, 3.05) is 7.11 Å². The minimum Gasteiger partial charge on any atom is -0.493 e. The van der Waals surface area contributed by atoms with Crippen molar-refractivity contribution in [2.24, 2.45) is 0 Å². The molecule has 2 heterocycles. The molecule has 0 bridgehead atoms. The van der Waals surface area contributed by atoms with Crippen LogP contribution in [0.1, 0.15) is 11.1 Å². The van der Waals surface area contributed by atoms with Crippen LogP contribution >= 0.6 is 11.6 Å². The highest BCUT2D eigenvalue weighted by Gasteiger charge is 2.21. The number of benzene rings is 2. The van der Waals surface area contributed by atoms with E-state index in [4.69, 9.17) is 21.1 Å². The van der Waals surface area contributed by atoms with Gasteiger partial charge in [-0.1, -0.05) is 41.9 Å². The molecular formula is C20H17ClN2O3. The zero-order chi connectivity index (χ0) is 18.1. The number of hydrogen-bond acceptors (Lipinski definition) is 4. The lowest BCUT2D eigenvalue weighted by atomic mass is 9.97. The van der Waals surface area contributed by atoms with Crippen LogP contribution in [0.25, 0.3) is 11.3 Å². The van der Waals surface area contributed by atoms with E-state index in [1.807, 2.05) is 42.5 Å². The maximum atomic E-state index is 12.1. The third kappa shape index (κ3) is 3.06. The number of rotatable bonds is 4. The van der Waals surface area contributed by atoms with E-state index >= 15 is 0 Å². The van der Waals surface area contributed by atoms with Gasteiger partial charge in [-0.15, -0.1) is 0 Å². The molecular weight excluding hydrogens is 352 g/mol. The van der Waals surface area contributed by atoms with Crippen LogP contribution in [0.5, 0.6) is 11.5 Å². The second-order valence-electron chi connectivity index (χ2n) is 6.08. The van der Waals surface area contributed by atoms with Crippen LogP contribution in [0, 0.1) is 0 Å². The molecule has 0 unspecified atom stereocenters. The lowest BCUT2D eigenvalue weighted by molar-refractivity contribution is 0.284. The van der Waals surface area contributed by atoms with Crippen molar-refractivity contribution >= 4 is 11.6 Å². The van der Waals surface area contributed by atoms with Gasteiger partial charge in [0.1, 0.15) is 11.8 Å². The predicted octanol–water partition coefficient (Wildman–Crippen LogP) is 3.71. The van der Waals surface area contributed by atoms with Gasteiger partial charge in [0.15, 0.2) is 11.5 Å². The second kappa shape index (κ2) is 6.84. The predicted molar refractivity (Wildman–Crippen MR) is 100.0 cm³/mol. The van der Waals surface area contributed by atoms with Gasteiger partial charge in [0.05, 0.1) is 12.8 Å². The number of aromatic nitrogens is 2. The summed E-state index contributed by atoms with van der Waals surface area (Å²) in [6.45, 7) is 1.03. The number of ether oxygens (including phenoxy) is 2. The first-order chi connectivity index (χ1) is 12.7. The largest absolute Gasteiger partial charge is 0.493 e. The lowest BCUT2D eigenvalue weighted by Gasteiger charge is -2.23. The molecule has 0 aliphatic carbocycles. The van der Waals surface area contributed by atoms with E-state index in [0.717, 1.165) is 28.8 Å². The maximum absolute atomic E-state index is 12.1. The summed E-state index contributed by atoms with van der Waals surface area (Å²) in [6, 6.07) is 15.6. The summed E-state index contributed by atoms with van der Waals surface area (Å²) >= 11 is 5.99. The van der Waals surface area contributed by atoms with Crippen molar-refractivity contribution in [3.63, 3.8) is 0 Å². The van der Waals surface area contributed by atoms with Gasteiger partial charge in [-0.3, -0.25) is 4.57 Å². The number of fused-ring (bicyclic) bond motifs is 3. The van der Waals surface area contributed by atoms with Gasteiger partial charge in [0.25, 0.3) is 0 Å². The molecule has 1 aliphatic rings. The van der Waals surface area contributed by atoms with E-state index < -0.39 is 0 Å². The van der Waals surface area contributed by atoms with Crippen molar-refractivity contribution < 1.29 is 9.47 Å². The van der Waals surface area contributed by atoms with Crippen LogP contribution in [0.2, 0.25) is 5.15 Å². The molecule has 4 rings (SSSR count). The number of aryl methyl sites for hydroxylation is 1. The van der Waals surface area contributed by atoms with Gasteiger partial charge in [-0.25, -0.2) is 4.79 Å². The Morgan fingerprint density at radius 3 is 2.73 bits per heavy atom. The molecule has 2 aromatic carbocycles. The fourth-order valence-corrected chi connectivity index (χ4v) is 3.38. The molecule has 0 spiro atoms. The van der Waals surface area contributed by atoms with E-state index in [1.54, 1.807) is 17.7 Å². The van der Waals surface area contributed by atoms with Gasteiger partial charge < -0.3 is 9.47 Å². The monoisotopic (exact) mass is 368 g/mol. The van der Waals surface area contributed by atoms with Gasteiger partial charge in [-0.05, 0) is 29.7 Å². The average molecular weight is 369 g/mol. The minimum absolute atomic E-state index is 0.192. The van der Waals surface area contributed by atoms with Crippen LogP contribution in [-0.2, 0) is 19.6 Å². The molecule has 3 aromatic rings. The summed E-state index contributed by atoms with van der Waals surface area (Å²) < 4.78 is 13.1. The van der Waals surface area contributed by atoms with Gasteiger partial charge >= 0.3 is 5.69 Å². The first kappa shape index (κ1) is 16.7. The van der Waals surface area contributed by atoms with Crippen molar-refractivity contribution in [1.82, 2.24) is 9.55 Å². The zero-order valence-corrected chi connectivity index (χ0v) is 15.0. The van der Waals surface area contributed by atoms with E-state index in [1.165, 1.54) is 0 Å². The van der Waals surface area contributed by atoms with Gasteiger partial charge in [0, 0.05) is 18.2 Å². The standard InChI is InChI=1S/C20H17ClN2O3/c1-25-17-10-15-14(7-8-23-16(15)11-19(21)22-20(23)24)9-18(17)26-12-13-5-3-2-4-6-13/h2-6,9-11H,7-8,12H2,1H3. The normalized spacial score (nSPS) is 12.2. The van der Waals surface area contributed by atoms with Crippen LogP contribution in [-0.4, -0.2) is 16.7 Å². The second-order valence-corrected chi connectivity index (χ2v) is 6.47. The van der Waals surface area contributed by atoms with Crippen LogP contribution in [0.15, 0.2) is 53.3 Å². The summed E-state index contributed by atoms with van der Waals surface area (Å²) in [7, 11) is 1.60. The summed E-state index contributed by atoms with van der Waals surface area (Å²) in [5.41, 5.74) is 3.52. The molecule has 1 aromatic heterocycles. The highest BCUT2D eigenvalue weighted by atomic mass is 35.5. The SMILES string of the molecule is COc1cc2c(cc1OCc1ccccc1)CCn1c-2cc(Cl)nc1=O. The Bertz CT molecular complexity index is 1020. The summed E-state index contributed by atoms with van der Waals surface area (Å²) in [4.78, 5) is 15.9. The molecule has 0 atom stereocenters. The molecule has 5 nitrogen and oxygen atoms in total. The smallest absolute Gasteiger partial charge is 0.349 e. The average Bonchev–Trinajstić information content (AvgIpc) is 2.66. The Morgan fingerprint density at radius 1 is 1.15 bits per heavy atom. The Kier molecular flexibility index (Phi) is 4.39. The Hall–Kier alpha value is -2.79. The van der Waals surface area contributed by atoms with Crippen molar-refractivity contribution in [3.05, 3.63) is 75.3 Å². The van der Waals surface area contributed by atoms with Crippen LogP contribution < -0.4 is 15.2 Å². The van der Waals surface area contributed by atoms with Gasteiger partial charge in [-0.2, -0.15) is 4.98 Å². The number of halogens is 1. The Balaban J connectivity index is 1.73. The third-order valence-electron chi connectivity index (χ3n) is 4.49. The number of methoxy groups -OCH3 is 1. The highest BCUT2D eigenvalue weighted by molar-refractivity contribution is 6.29. The van der Waals surface area contributed by atoms with E-state index in [2.05, 4.69) is 4.98 Å². The summed E-state index contributed by atoms with van der Waals surface area (Å²) in [5.74, 6) is 1.31. The van der Waals surface area contributed by atoms with Gasteiger partial charge in [0.2, 0.25) is 0 Å². The first-order valence-corrected chi connectivity index (χ1v) is 8.69. The summed E-state index contributed by atoms with van der Waals surface area (Å²) in [6.07, 6.45) is 0.719. The van der Waals surface area contributed by atoms with E-state index in [0.29, 0.717) is 24.7 Å². The maximum Gasteiger partial charge on any atom is 0.349 e. The highest BCUT2D eigenvalue weighted by Crippen LogP contribution is 2.38. The number of nitrogens with zero attached hydrogens (tertiary/aromatic N) is 2. The molecule has 0 N–H and O–H groups in total. The fourth-order valence-electron chi connectivity index (χ4n) is 3.20. The molecule has 6 heteroatoms. The Labute approximate surface area is 155 Å². The third-order valence-corrected chi connectivity index (χ3v) is 4.68. The van der Waals surface area contributed by atoms with Crippen molar-refractivity contribution in [1.29, 1.82) is 0 Å². The molecule has 0 radical (unpaired) electrons. The van der Waals surface area contributed by atoms with Crippen LogP contribution in [0.3, 0.4) is 0 Å².